The van der Waals surface area contributed by atoms with Gasteiger partial charge in [0, 0.05) is 24.5 Å². The molecule has 4 nitrogen and oxygen atoms in total. The fourth-order valence-corrected chi connectivity index (χ4v) is 2.67. The zero-order chi connectivity index (χ0) is 11.7. The molecular weight excluding hydrogens is 220 g/mol. The van der Waals surface area contributed by atoms with Crippen LogP contribution in [-0.2, 0) is 19.9 Å². The molecule has 0 saturated carbocycles. The molecule has 0 aromatic carbocycles. The maximum atomic E-state index is 5.70. The molecule has 5 heteroatoms. The summed E-state index contributed by atoms with van der Waals surface area (Å²) in [5, 5.41) is 5.08. The number of anilines is 1. The molecule has 0 fully saturated rings. The molecule has 0 aliphatic rings. The molecular formula is C11H16N4S. The molecule has 0 bridgehead atoms. The van der Waals surface area contributed by atoms with Crippen molar-refractivity contribution in [3.8, 4) is 0 Å². The van der Waals surface area contributed by atoms with Crippen LogP contribution in [-0.4, -0.2) is 14.8 Å². The lowest BCUT2D eigenvalue weighted by Gasteiger charge is -1.97. The summed E-state index contributed by atoms with van der Waals surface area (Å²) in [7, 11) is 1.95. The molecule has 2 rings (SSSR count). The van der Waals surface area contributed by atoms with Crippen molar-refractivity contribution < 1.29 is 0 Å². The highest BCUT2D eigenvalue weighted by molar-refractivity contribution is 7.15. The molecule has 0 spiro atoms. The third kappa shape index (κ3) is 2.09. The summed E-state index contributed by atoms with van der Waals surface area (Å²) >= 11 is 1.57. The molecule has 16 heavy (non-hydrogen) atoms. The molecule has 2 N–H and O–H groups in total. The minimum Gasteiger partial charge on any atom is -0.375 e. The van der Waals surface area contributed by atoms with Crippen LogP contribution in [0.3, 0.4) is 0 Å². The first-order valence-electron chi connectivity index (χ1n) is 5.33. The normalized spacial score (nSPS) is 10.9. The number of aryl methyl sites for hydroxylation is 3. The first-order valence-corrected chi connectivity index (χ1v) is 6.15. The standard InChI is InChI=1S/C11H16N4S/c1-4-9-8(6-15(3)14-9)5-10-7(2)13-11(12)16-10/h6H,4-5H2,1-3H3,(H2,12,13). The number of nitrogens with zero attached hydrogens (tertiary/aromatic N) is 3. The molecule has 0 aliphatic heterocycles. The van der Waals surface area contributed by atoms with Crippen LogP contribution in [0.5, 0.6) is 0 Å². The van der Waals surface area contributed by atoms with Gasteiger partial charge in [-0.3, -0.25) is 4.68 Å². The predicted octanol–water partition coefficient (Wildman–Crippen LogP) is 1.92. The third-order valence-electron chi connectivity index (χ3n) is 2.59. The third-order valence-corrected chi connectivity index (χ3v) is 3.57. The van der Waals surface area contributed by atoms with Crippen molar-refractivity contribution >= 4 is 16.5 Å². The Kier molecular flexibility index (Phi) is 2.96. The van der Waals surface area contributed by atoms with Crippen molar-refractivity contribution in [1.82, 2.24) is 14.8 Å². The molecule has 0 unspecified atom stereocenters. The predicted molar refractivity (Wildman–Crippen MR) is 66.7 cm³/mol. The van der Waals surface area contributed by atoms with Crippen LogP contribution in [0.1, 0.15) is 28.8 Å². The second-order valence-corrected chi connectivity index (χ2v) is 4.98. The highest BCUT2D eigenvalue weighted by Gasteiger charge is 2.11. The first-order chi connectivity index (χ1) is 7.60. The summed E-state index contributed by atoms with van der Waals surface area (Å²) < 4.78 is 1.87. The van der Waals surface area contributed by atoms with Gasteiger partial charge in [0.05, 0.1) is 11.4 Å². The highest BCUT2D eigenvalue weighted by Crippen LogP contribution is 2.24. The number of hydrogen-bond donors (Lipinski definition) is 1. The zero-order valence-electron chi connectivity index (χ0n) is 9.82. The lowest BCUT2D eigenvalue weighted by atomic mass is 10.1. The molecule has 0 saturated heterocycles. The summed E-state index contributed by atoms with van der Waals surface area (Å²) in [6.07, 6.45) is 3.93. The number of aromatic nitrogens is 3. The van der Waals surface area contributed by atoms with Gasteiger partial charge in [0.2, 0.25) is 0 Å². The quantitative estimate of drug-likeness (QED) is 0.885. The number of nitrogen functional groups attached to an aromatic ring is 1. The van der Waals surface area contributed by atoms with E-state index in [9.17, 15) is 0 Å². The van der Waals surface area contributed by atoms with E-state index in [-0.39, 0.29) is 0 Å². The molecule has 0 atom stereocenters. The molecule has 2 aromatic rings. The van der Waals surface area contributed by atoms with Gasteiger partial charge in [-0.05, 0) is 18.9 Å². The van der Waals surface area contributed by atoms with Crippen LogP contribution >= 0.6 is 11.3 Å². The van der Waals surface area contributed by atoms with Crippen molar-refractivity contribution in [3.63, 3.8) is 0 Å². The lowest BCUT2D eigenvalue weighted by molar-refractivity contribution is 0.746. The Hall–Kier alpha value is -1.36. The van der Waals surface area contributed by atoms with Gasteiger partial charge in [0.25, 0.3) is 0 Å². The fourth-order valence-electron chi connectivity index (χ4n) is 1.82. The highest BCUT2D eigenvalue weighted by atomic mass is 32.1. The average molecular weight is 236 g/mol. The monoisotopic (exact) mass is 236 g/mol. The molecule has 2 heterocycles. The van der Waals surface area contributed by atoms with Gasteiger partial charge in [0.15, 0.2) is 5.13 Å². The van der Waals surface area contributed by atoms with Crippen LogP contribution in [0.25, 0.3) is 0 Å². The molecule has 0 amide bonds. The molecule has 2 aromatic heterocycles. The SMILES string of the molecule is CCc1nn(C)cc1Cc1sc(N)nc1C. The van der Waals surface area contributed by atoms with E-state index >= 15 is 0 Å². The van der Waals surface area contributed by atoms with Crippen LogP contribution in [0.15, 0.2) is 6.20 Å². The number of nitrogens with two attached hydrogens (primary N) is 1. The van der Waals surface area contributed by atoms with Gasteiger partial charge >= 0.3 is 0 Å². The van der Waals surface area contributed by atoms with E-state index < -0.39 is 0 Å². The van der Waals surface area contributed by atoms with Gasteiger partial charge in [0.1, 0.15) is 0 Å². The number of hydrogen-bond acceptors (Lipinski definition) is 4. The Morgan fingerprint density at radius 2 is 2.25 bits per heavy atom. The van der Waals surface area contributed by atoms with E-state index in [1.54, 1.807) is 11.3 Å². The van der Waals surface area contributed by atoms with Crippen molar-refractivity contribution in [2.45, 2.75) is 26.7 Å². The van der Waals surface area contributed by atoms with E-state index in [4.69, 9.17) is 5.73 Å². The van der Waals surface area contributed by atoms with Crippen molar-refractivity contribution in [2.75, 3.05) is 5.73 Å². The topological polar surface area (TPSA) is 56.7 Å². The van der Waals surface area contributed by atoms with E-state index in [0.29, 0.717) is 5.13 Å². The second kappa shape index (κ2) is 4.25. The lowest BCUT2D eigenvalue weighted by Crippen LogP contribution is -1.92. The summed E-state index contributed by atoms with van der Waals surface area (Å²) in [6.45, 7) is 4.13. The summed E-state index contributed by atoms with van der Waals surface area (Å²) in [5.74, 6) is 0. The van der Waals surface area contributed by atoms with Gasteiger partial charge in [-0.1, -0.05) is 6.92 Å². The Balaban J connectivity index is 2.29. The summed E-state index contributed by atoms with van der Waals surface area (Å²) in [4.78, 5) is 5.47. The molecule has 0 aliphatic carbocycles. The molecule has 86 valence electrons. The first kappa shape index (κ1) is 11.1. The van der Waals surface area contributed by atoms with Crippen LogP contribution in [0.2, 0.25) is 0 Å². The number of thiazole rings is 1. The fraction of sp³-hybridized carbons (Fsp3) is 0.455. The Labute approximate surface area is 99.1 Å². The minimum absolute atomic E-state index is 0.648. The summed E-state index contributed by atoms with van der Waals surface area (Å²) in [6, 6.07) is 0. The zero-order valence-corrected chi connectivity index (χ0v) is 10.6. The Morgan fingerprint density at radius 1 is 1.50 bits per heavy atom. The van der Waals surface area contributed by atoms with Gasteiger partial charge in [-0.2, -0.15) is 5.10 Å². The Bertz CT molecular complexity index is 498. The maximum Gasteiger partial charge on any atom is 0.180 e. The van der Waals surface area contributed by atoms with Crippen LogP contribution in [0.4, 0.5) is 5.13 Å². The maximum absolute atomic E-state index is 5.70. The number of rotatable bonds is 3. The van der Waals surface area contributed by atoms with E-state index in [1.165, 1.54) is 10.4 Å². The van der Waals surface area contributed by atoms with E-state index in [2.05, 4.69) is 23.2 Å². The van der Waals surface area contributed by atoms with Crippen LogP contribution in [0, 0.1) is 6.92 Å². The summed E-state index contributed by atoms with van der Waals surface area (Å²) in [5.41, 5.74) is 9.17. The van der Waals surface area contributed by atoms with E-state index in [1.807, 2.05) is 18.7 Å². The smallest absolute Gasteiger partial charge is 0.180 e. The second-order valence-electron chi connectivity index (χ2n) is 3.87. The van der Waals surface area contributed by atoms with Crippen molar-refractivity contribution in [3.05, 3.63) is 28.0 Å². The van der Waals surface area contributed by atoms with Gasteiger partial charge in [-0.25, -0.2) is 4.98 Å². The van der Waals surface area contributed by atoms with Crippen LogP contribution < -0.4 is 5.73 Å². The van der Waals surface area contributed by atoms with Gasteiger partial charge in [-0.15, -0.1) is 11.3 Å². The van der Waals surface area contributed by atoms with Crippen molar-refractivity contribution in [2.24, 2.45) is 7.05 Å². The minimum atomic E-state index is 0.648. The van der Waals surface area contributed by atoms with Crippen molar-refractivity contribution in [1.29, 1.82) is 0 Å². The average Bonchev–Trinajstić information content (AvgIpc) is 2.71. The van der Waals surface area contributed by atoms with Gasteiger partial charge < -0.3 is 5.73 Å². The Morgan fingerprint density at radius 3 is 2.81 bits per heavy atom. The van der Waals surface area contributed by atoms with E-state index in [0.717, 1.165) is 24.2 Å². The largest absolute Gasteiger partial charge is 0.375 e. The molecule has 0 radical (unpaired) electrons.